The van der Waals surface area contributed by atoms with Gasteiger partial charge in [-0.05, 0) is 22.0 Å². The minimum atomic E-state index is -3.56. The van der Waals surface area contributed by atoms with Crippen molar-refractivity contribution in [2.45, 2.75) is 17.6 Å². The average molecular weight is 387 g/mol. The molecule has 0 aliphatic heterocycles. The first-order valence-electron chi connectivity index (χ1n) is 5.12. The molecule has 1 N–H and O–H groups in total. The first-order chi connectivity index (χ1) is 8.88. The van der Waals surface area contributed by atoms with Gasteiger partial charge >= 0.3 is 0 Å². The molecule has 0 radical (unpaired) electrons. The minimum Gasteiger partial charge on any atom is -0.340 e. The fraction of sp³-hybridized carbons (Fsp3) is 0.333. The van der Waals surface area contributed by atoms with Gasteiger partial charge < -0.3 is 4.52 Å². The Labute approximate surface area is 127 Å². The highest BCUT2D eigenvalue weighted by Crippen LogP contribution is 2.34. The number of aromatic nitrogens is 2. The Bertz CT molecular complexity index is 663. The lowest BCUT2D eigenvalue weighted by atomic mass is 10.4. The molecule has 2 aromatic rings. The second-order valence-corrected chi connectivity index (χ2v) is 8.34. The number of thiophene rings is 1. The molecule has 0 bridgehead atoms. The van der Waals surface area contributed by atoms with Gasteiger partial charge in [0, 0.05) is 19.9 Å². The molecule has 0 atom stereocenters. The normalized spacial score (nSPS) is 11.9. The van der Waals surface area contributed by atoms with Crippen LogP contribution in [-0.2, 0) is 16.4 Å². The molecular formula is C9H9BrClN3O3S2. The molecule has 0 aliphatic carbocycles. The molecule has 10 heteroatoms. The van der Waals surface area contributed by atoms with Crippen LogP contribution in [0.25, 0.3) is 0 Å². The summed E-state index contributed by atoms with van der Waals surface area (Å²) in [4.78, 5) is 3.98. The van der Waals surface area contributed by atoms with Crippen molar-refractivity contribution in [3.8, 4) is 0 Å². The number of sulfonamides is 1. The van der Waals surface area contributed by atoms with E-state index in [1.807, 2.05) is 0 Å². The topological polar surface area (TPSA) is 85.1 Å². The molecule has 2 aromatic heterocycles. The van der Waals surface area contributed by atoms with E-state index in [1.165, 1.54) is 6.07 Å². The Balaban J connectivity index is 1.98. The van der Waals surface area contributed by atoms with Gasteiger partial charge in [0.05, 0.1) is 8.81 Å². The highest BCUT2D eigenvalue weighted by molar-refractivity contribution is 9.11. The number of hydrogen-bond acceptors (Lipinski definition) is 6. The van der Waals surface area contributed by atoms with Crippen LogP contribution in [0.1, 0.15) is 11.7 Å². The van der Waals surface area contributed by atoms with Gasteiger partial charge in [0.2, 0.25) is 15.9 Å². The molecule has 0 amide bonds. The van der Waals surface area contributed by atoms with E-state index in [2.05, 4.69) is 30.8 Å². The summed E-state index contributed by atoms with van der Waals surface area (Å²) in [5.41, 5.74) is 0. The highest BCUT2D eigenvalue weighted by Gasteiger charge is 2.18. The van der Waals surface area contributed by atoms with Crippen molar-refractivity contribution in [2.24, 2.45) is 0 Å². The van der Waals surface area contributed by atoms with E-state index in [0.717, 1.165) is 11.3 Å². The molecule has 0 saturated carbocycles. The Morgan fingerprint density at radius 1 is 1.58 bits per heavy atom. The lowest BCUT2D eigenvalue weighted by Crippen LogP contribution is -2.25. The number of nitrogens with zero attached hydrogens (tertiary/aromatic N) is 2. The molecule has 0 aromatic carbocycles. The zero-order valence-corrected chi connectivity index (χ0v) is 13.7. The van der Waals surface area contributed by atoms with Crippen molar-refractivity contribution < 1.29 is 12.9 Å². The summed E-state index contributed by atoms with van der Waals surface area (Å²) >= 11 is 10.0. The van der Waals surface area contributed by atoms with E-state index >= 15 is 0 Å². The molecule has 0 fully saturated rings. The van der Waals surface area contributed by atoms with Crippen LogP contribution < -0.4 is 4.72 Å². The van der Waals surface area contributed by atoms with Gasteiger partial charge in [0.1, 0.15) is 4.21 Å². The van der Waals surface area contributed by atoms with E-state index in [0.29, 0.717) is 26.9 Å². The van der Waals surface area contributed by atoms with Crippen LogP contribution in [-0.4, -0.2) is 25.1 Å². The zero-order chi connectivity index (χ0) is 14.0. The lowest BCUT2D eigenvalue weighted by Gasteiger charge is -2.02. The predicted molar refractivity (Wildman–Crippen MR) is 75.0 cm³/mol. The Hall–Kier alpha value is -0.480. The maximum absolute atomic E-state index is 11.9. The summed E-state index contributed by atoms with van der Waals surface area (Å²) < 4.78 is 31.9. The minimum absolute atomic E-state index is 0.161. The number of aryl methyl sites for hydroxylation is 1. The Kier molecular flexibility index (Phi) is 4.62. The van der Waals surface area contributed by atoms with Gasteiger partial charge in [-0.25, -0.2) is 13.1 Å². The van der Waals surface area contributed by atoms with E-state index in [-0.39, 0.29) is 10.8 Å². The fourth-order valence-electron chi connectivity index (χ4n) is 1.27. The quantitative estimate of drug-likeness (QED) is 0.852. The van der Waals surface area contributed by atoms with Gasteiger partial charge in [-0.15, -0.1) is 11.3 Å². The number of halogens is 2. The SMILES string of the molecule is Cc1nc(CCNS(=O)(=O)c2cc(Cl)c(Br)s2)no1. The third-order valence-electron chi connectivity index (χ3n) is 2.10. The highest BCUT2D eigenvalue weighted by atomic mass is 79.9. The van der Waals surface area contributed by atoms with Crippen LogP contribution in [0, 0.1) is 6.92 Å². The van der Waals surface area contributed by atoms with Crippen LogP contribution in [0.2, 0.25) is 5.02 Å². The van der Waals surface area contributed by atoms with Crippen molar-refractivity contribution in [1.29, 1.82) is 0 Å². The molecule has 104 valence electrons. The maximum atomic E-state index is 11.9. The summed E-state index contributed by atoms with van der Waals surface area (Å²) in [6.45, 7) is 1.86. The third kappa shape index (κ3) is 3.76. The van der Waals surface area contributed by atoms with Crippen molar-refractivity contribution in [1.82, 2.24) is 14.9 Å². The molecule has 0 aliphatic rings. The van der Waals surface area contributed by atoms with Crippen LogP contribution in [0.3, 0.4) is 0 Å². The van der Waals surface area contributed by atoms with Crippen molar-refractivity contribution in [3.63, 3.8) is 0 Å². The summed E-state index contributed by atoms with van der Waals surface area (Å²) in [7, 11) is -3.56. The van der Waals surface area contributed by atoms with Crippen LogP contribution in [0.15, 0.2) is 18.6 Å². The molecule has 6 nitrogen and oxygen atoms in total. The van der Waals surface area contributed by atoms with Crippen LogP contribution in [0.5, 0.6) is 0 Å². The summed E-state index contributed by atoms with van der Waals surface area (Å²) in [5.74, 6) is 0.914. The number of nitrogens with one attached hydrogen (secondary N) is 1. The predicted octanol–water partition coefficient (Wildman–Crippen LogP) is 2.38. The Morgan fingerprint density at radius 3 is 2.84 bits per heavy atom. The van der Waals surface area contributed by atoms with Gasteiger partial charge in [0.15, 0.2) is 5.82 Å². The van der Waals surface area contributed by atoms with Gasteiger partial charge in [-0.1, -0.05) is 16.8 Å². The molecule has 0 spiro atoms. The standard InChI is InChI=1S/C9H9BrClN3O3S2/c1-5-13-7(14-17-5)2-3-12-19(15,16)8-4-6(11)9(10)18-8/h4,12H,2-3H2,1H3. The van der Waals surface area contributed by atoms with Gasteiger partial charge in [-0.2, -0.15) is 4.98 Å². The zero-order valence-electron chi connectivity index (χ0n) is 9.68. The molecule has 2 heterocycles. The largest absolute Gasteiger partial charge is 0.340 e. The average Bonchev–Trinajstić information content (AvgIpc) is 2.87. The first kappa shape index (κ1) is 14.9. The summed E-state index contributed by atoms with van der Waals surface area (Å²) in [5, 5.41) is 4.05. The van der Waals surface area contributed by atoms with E-state index < -0.39 is 10.0 Å². The monoisotopic (exact) mass is 385 g/mol. The van der Waals surface area contributed by atoms with E-state index in [4.69, 9.17) is 16.1 Å². The molecule has 2 rings (SSSR count). The van der Waals surface area contributed by atoms with E-state index in [1.54, 1.807) is 6.92 Å². The van der Waals surface area contributed by atoms with Crippen LogP contribution >= 0.6 is 38.9 Å². The molecule has 19 heavy (non-hydrogen) atoms. The molecule has 0 unspecified atom stereocenters. The first-order valence-corrected chi connectivity index (χ1v) is 8.59. The number of hydrogen-bond donors (Lipinski definition) is 1. The second kappa shape index (κ2) is 5.88. The third-order valence-corrected chi connectivity index (χ3v) is 6.51. The van der Waals surface area contributed by atoms with Crippen molar-refractivity contribution >= 4 is 48.9 Å². The van der Waals surface area contributed by atoms with Crippen molar-refractivity contribution in [3.05, 3.63) is 26.6 Å². The lowest BCUT2D eigenvalue weighted by molar-refractivity contribution is 0.387. The molecule has 0 saturated heterocycles. The summed E-state index contributed by atoms with van der Waals surface area (Å²) in [6, 6.07) is 1.40. The maximum Gasteiger partial charge on any atom is 0.250 e. The van der Waals surface area contributed by atoms with Gasteiger partial charge in [0.25, 0.3) is 0 Å². The van der Waals surface area contributed by atoms with Crippen molar-refractivity contribution in [2.75, 3.05) is 6.54 Å². The number of rotatable bonds is 5. The van der Waals surface area contributed by atoms with Crippen LogP contribution in [0.4, 0.5) is 0 Å². The smallest absolute Gasteiger partial charge is 0.250 e. The Morgan fingerprint density at radius 2 is 2.32 bits per heavy atom. The fourth-order valence-corrected chi connectivity index (χ4v) is 4.75. The van der Waals surface area contributed by atoms with E-state index in [9.17, 15) is 8.42 Å². The summed E-state index contributed by atoms with van der Waals surface area (Å²) in [6.07, 6.45) is 0.358. The second-order valence-electron chi connectivity index (χ2n) is 3.56. The van der Waals surface area contributed by atoms with Gasteiger partial charge in [-0.3, -0.25) is 0 Å². The molecular weight excluding hydrogens is 378 g/mol.